The molecular formula is C10H14F3N3O. The molecule has 1 amide bonds. The third kappa shape index (κ3) is 3.00. The van der Waals surface area contributed by atoms with Crippen molar-refractivity contribution in [2.24, 2.45) is 12.8 Å². The van der Waals surface area contributed by atoms with E-state index in [1.165, 1.54) is 0 Å². The number of nitrogens with zero attached hydrogens (tertiary/aromatic N) is 1. The van der Waals surface area contributed by atoms with Crippen molar-refractivity contribution >= 4 is 5.91 Å². The van der Waals surface area contributed by atoms with Gasteiger partial charge in [0.25, 0.3) is 0 Å². The predicted octanol–water partition coefficient (Wildman–Crippen LogP) is 0.921. The van der Waals surface area contributed by atoms with Crippen molar-refractivity contribution in [1.82, 2.24) is 9.88 Å². The van der Waals surface area contributed by atoms with Gasteiger partial charge in [0, 0.05) is 26.0 Å². The summed E-state index contributed by atoms with van der Waals surface area (Å²) in [6, 6.07) is 1.70. The lowest BCUT2D eigenvalue weighted by Gasteiger charge is -2.26. The maximum absolute atomic E-state index is 12.4. The summed E-state index contributed by atoms with van der Waals surface area (Å²) in [6.07, 6.45) is -1.34. The number of hydrogen-bond acceptors (Lipinski definition) is 2. The van der Waals surface area contributed by atoms with Crippen LogP contribution in [0, 0.1) is 0 Å². The molecule has 3 N–H and O–H groups in total. The van der Waals surface area contributed by atoms with E-state index in [1.54, 1.807) is 30.1 Å². The van der Waals surface area contributed by atoms with E-state index in [9.17, 15) is 18.0 Å². The average molecular weight is 249 g/mol. The highest BCUT2D eigenvalue weighted by molar-refractivity contribution is 5.86. The van der Waals surface area contributed by atoms with E-state index in [0.29, 0.717) is 12.5 Å². The summed E-state index contributed by atoms with van der Waals surface area (Å²) >= 11 is 0. The quantitative estimate of drug-likeness (QED) is 0.836. The van der Waals surface area contributed by atoms with Crippen LogP contribution in [0.1, 0.15) is 12.5 Å². The van der Waals surface area contributed by atoms with Crippen LogP contribution in [-0.2, 0) is 18.4 Å². The number of aryl methyl sites for hydroxylation is 1. The van der Waals surface area contributed by atoms with Crippen LogP contribution in [-0.4, -0.2) is 22.2 Å². The highest BCUT2D eigenvalue weighted by Gasteiger charge is 2.53. The number of halogens is 3. The molecule has 0 aliphatic heterocycles. The van der Waals surface area contributed by atoms with Gasteiger partial charge in [-0.3, -0.25) is 4.79 Å². The van der Waals surface area contributed by atoms with Crippen LogP contribution in [0.25, 0.3) is 0 Å². The predicted molar refractivity (Wildman–Crippen MR) is 55.9 cm³/mol. The average Bonchev–Trinajstić information content (AvgIpc) is 2.58. The van der Waals surface area contributed by atoms with E-state index in [0.717, 1.165) is 0 Å². The largest absolute Gasteiger partial charge is 0.415 e. The Bertz CT molecular complexity index is 409. The first kappa shape index (κ1) is 13.6. The Morgan fingerprint density at radius 3 is 2.53 bits per heavy atom. The van der Waals surface area contributed by atoms with Crippen molar-refractivity contribution in [1.29, 1.82) is 0 Å². The van der Waals surface area contributed by atoms with Crippen LogP contribution in [0.2, 0.25) is 0 Å². The minimum atomic E-state index is -4.77. The van der Waals surface area contributed by atoms with Gasteiger partial charge in [0.1, 0.15) is 0 Å². The molecule has 0 spiro atoms. The van der Waals surface area contributed by atoms with Gasteiger partial charge in [0.05, 0.1) is 0 Å². The van der Waals surface area contributed by atoms with Crippen molar-refractivity contribution in [3.05, 3.63) is 24.0 Å². The summed E-state index contributed by atoms with van der Waals surface area (Å²) in [5, 5.41) is 2.16. The van der Waals surface area contributed by atoms with Gasteiger partial charge in [0.2, 0.25) is 5.91 Å². The Balaban J connectivity index is 2.61. The van der Waals surface area contributed by atoms with E-state index >= 15 is 0 Å². The Hall–Kier alpha value is -1.50. The van der Waals surface area contributed by atoms with Crippen LogP contribution in [0.5, 0.6) is 0 Å². The topological polar surface area (TPSA) is 60.0 Å². The third-order valence-corrected chi connectivity index (χ3v) is 2.41. The maximum atomic E-state index is 12.4. The number of amides is 1. The van der Waals surface area contributed by atoms with Crippen molar-refractivity contribution in [3.63, 3.8) is 0 Å². The number of nitrogens with two attached hydrogens (primary N) is 1. The van der Waals surface area contributed by atoms with Gasteiger partial charge in [-0.2, -0.15) is 13.2 Å². The highest BCUT2D eigenvalue weighted by atomic mass is 19.4. The normalized spacial score (nSPS) is 15.4. The molecule has 1 aromatic rings. The summed E-state index contributed by atoms with van der Waals surface area (Å²) in [7, 11) is 1.77. The minimum absolute atomic E-state index is 0.0164. The Morgan fingerprint density at radius 2 is 2.12 bits per heavy atom. The van der Waals surface area contributed by atoms with Crippen molar-refractivity contribution in [2.75, 3.05) is 0 Å². The number of aromatic nitrogens is 1. The number of hydrogen-bond donors (Lipinski definition) is 2. The second-order valence-electron chi connectivity index (χ2n) is 4.07. The molecule has 0 aromatic carbocycles. The molecule has 0 bridgehead atoms. The molecule has 0 saturated heterocycles. The van der Waals surface area contributed by atoms with Crippen molar-refractivity contribution in [2.45, 2.75) is 25.2 Å². The smallest absolute Gasteiger partial charge is 0.357 e. The monoisotopic (exact) mass is 249 g/mol. The van der Waals surface area contributed by atoms with E-state index < -0.39 is 17.6 Å². The first-order valence-corrected chi connectivity index (χ1v) is 4.89. The Kier molecular flexibility index (Phi) is 3.51. The van der Waals surface area contributed by atoms with Crippen LogP contribution in [0.15, 0.2) is 18.5 Å². The standard InChI is InChI=1S/C10H14F3N3O/c1-9(14,10(11,12)13)8(17)15-5-7-3-4-16(2)6-7/h3-4,6H,5,14H2,1-2H3,(H,15,17). The molecule has 17 heavy (non-hydrogen) atoms. The Labute approximate surface area is 96.6 Å². The molecule has 4 nitrogen and oxygen atoms in total. The summed E-state index contributed by atoms with van der Waals surface area (Å²) in [5.41, 5.74) is 2.80. The van der Waals surface area contributed by atoms with Gasteiger partial charge >= 0.3 is 6.18 Å². The zero-order chi connectivity index (χ0) is 13.3. The number of alkyl halides is 3. The maximum Gasteiger partial charge on any atom is 0.415 e. The van der Waals surface area contributed by atoms with Gasteiger partial charge in [-0.05, 0) is 18.6 Å². The van der Waals surface area contributed by atoms with E-state index in [-0.39, 0.29) is 6.54 Å². The second-order valence-corrected chi connectivity index (χ2v) is 4.07. The molecule has 1 atom stereocenters. The zero-order valence-corrected chi connectivity index (χ0v) is 9.51. The first-order chi connectivity index (χ1) is 7.64. The minimum Gasteiger partial charge on any atom is -0.357 e. The molecule has 1 heterocycles. The lowest BCUT2D eigenvalue weighted by atomic mass is 10.0. The molecule has 0 saturated carbocycles. The molecule has 0 aliphatic carbocycles. The van der Waals surface area contributed by atoms with Gasteiger partial charge < -0.3 is 15.6 Å². The molecule has 0 aliphatic rings. The van der Waals surface area contributed by atoms with Crippen LogP contribution in [0.3, 0.4) is 0 Å². The summed E-state index contributed by atoms with van der Waals surface area (Å²) in [5.74, 6) is -1.24. The molecule has 0 radical (unpaired) electrons. The molecule has 1 aromatic heterocycles. The summed E-state index contributed by atoms with van der Waals surface area (Å²) in [6.45, 7) is 0.663. The van der Waals surface area contributed by atoms with Crippen LogP contribution >= 0.6 is 0 Å². The van der Waals surface area contributed by atoms with Crippen molar-refractivity contribution in [3.8, 4) is 0 Å². The number of rotatable bonds is 3. The summed E-state index contributed by atoms with van der Waals surface area (Å²) < 4.78 is 39.0. The molecule has 1 rings (SSSR count). The third-order valence-electron chi connectivity index (χ3n) is 2.41. The number of carbonyl (C=O) groups excluding carboxylic acids is 1. The van der Waals surface area contributed by atoms with Gasteiger partial charge in [-0.15, -0.1) is 0 Å². The van der Waals surface area contributed by atoms with Crippen molar-refractivity contribution < 1.29 is 18.0 Å². The van der Waals surface area contributed by atoms with Gasteiger partial charge in [-0.1, -0.05) is 0 Å². The van der Waals surface area contributed by atoms with E-state index in [2.05, 4.69) is 5.32 Å². The number of nitrogens with one attached hydrogen (secondary N) is 1. The van der Waals surface area contributed by atoms with Crippen LogP contribution in [0.4, 0.5) is 13.2 Å². The fourth-order valence-electron chi connectivity index (χ4n) is 1.16. The molecular weight excluding hydrogens is 235 g/mol. The molecule has 0 fully saturated rings. The van der Waals surface area contributed by atoms with Gasteiger partial charge in [-0.25, -0.2) is 0 Å². The first-order valence-electron chi connectivity index (χ1n) is 4.89. The lowest BCUT2D eigenvalue weighted by molar-refractivity contribution is -0.187. The zero-order valence-electron chi connectivity index (χ0n) is 9.51. The lowest BCUT2D eigenvalue weighted by Crippen LogP contribution is -2.61. The molecule has 7 heteroatoms. The van der Waals surface area contributed by atoms with E-state index in [4.69, 9.17) is 5.73 Å². The van der Waals surface area contributed by atoms with E-state index in [1.807, 2.05) is 0 Å². The van der Waals surface area contributed by atoms with Gasteiger partial charge in [0.15, 0.2) is 5.54 Å². The molecule has 96 valence electrons. The summed E-state index contributed by atoms with van der Waals surface area (Å²) in [4.78, 5) is 11.3. The van der Waals surface area contributed by atoms with Crippen LogP contribution < -0.4 is 11.1 Å². The highest BCUT2D eigenvalue weighted by Crippen LogP contribution is 2.27. The SMILES string of the molecule is Cn1ccc(CNC(=O)C(C)(N)C(F)(F)F)c1. The Morgan fingerprint density at radius 1 is 1.53 bits per heavy atom. The number of carbonyl (C=O) groups is 1. The second kappa shape index (κ2) is 4.40. The molecule has 1 unspecified atom stereocenters. The fourth-order valence-corrected chi connectivity index (χ4v) is 1.16. The fraction of sp³-hybridized carbons (Fsp3) is 0.500.